The second kappa shape index (κ2) is 15.0. The van der Waals surface area contributed by atoms with Crippen LogP contribution >= 0.6 is 26.5 Å². The number of hydrogen-bond donors (Lipinski definition) is 0. The van der Waals surface area contributed by atoms with Crippen LogP contribution < -0.4 is 18.1 Å². The van der Waals surface area contributed by atoms with Crippen LogP contribution in [-0.4, -0.2) is 0 Å². The summed E-state index contributed by atoms with van der Waals surface area (Å²) < 4.78 is 62.9. The Balaban J connectivity index is 1.62. The van der Waals surface area contributed by atoms with E-state index in [0.29, 0.717) is 40.7 Å². The van der Waals surface area contributed by atoms with Gasteiger partial charge in [0.25, 0.3) is 0 Å². The van der Waals surface area contributed by atoms with Gasteiger partial charge in [-0.2, -0.15) is 0 Å². The zero-order valence-corrected chi connectivity index (χ0v) is 41.2. The minimum absolute atomic E-state index is 0.404. The number of hydrogen-bond acceptors (Lipinski definition) is 7. The molecule has 0 atom stereocenters. The largest absolute Gasteiger partial charge is 0.453 e. The molecular weight excluding hydrogens is 803 g/mol. The smallest absolute Gasteiger partial charge is 0.415 e. The van der Waals surface area contributed by atoms with Gasteiger partial charge in [0, 0.05) is 40.0 Å². The van der Waals surface area contributed by atoms with Crippen molar-refractivity contribution in [1.82, 2.24) is 0 Å². The Bertz CT molecular complexity index is 2280. The number of rotatable bonds is 3. The maximum atomic E-state index is 17.1. The average molecular weight is 867 g/mol. The summed E-state index contributed by atoms with van der Waals surface area (Å²) in [7, 11) is -9.39. The van der Waals surface area contributed by atoms with E-state index in [1.54, 1.807) is 0 Å². The lowest BCUT2D eigenvalue weighted by molar-refractivity contribution is 0.340. The van der Waals surface area contributed by atoms with Gasteiger partial charge in [-0.25, -0.2) is 9.13 Å². The van der Waals surface area contributed by atoms with Gasteiger partial charge in [-0.1, -0.05) is 160 Å². The van der Waals surface area contributed by atoms with Crippen LogP contribution in [-0.2, 0) is 43.6 Å². The maximum Gasteiger partial charge on any atom is 0.453 e. The Kier molecular flexibility index (Phi) is 11.0. The molecule has 0 spiro atoms. The predicted molar refractivity (Wildman–Crippen MR) is 250 cm³/mol. The Morgan fingerprint density at radius 2 is 0.733 bits per heavy atom. The zero-order chi connectivity index (χ0) is 44.1. The molecule has 0 aliphatic carbocycles. The van der Waals surface area contributed by atoms with Gasteiger partial charge in [0.2, 0.25) is 5.40 Å². The van der Waals surface area contributed by atoms with E-state index in [2.05, 4.69) is 159 Å². The first-order chi connectivity index (χ1) is 27.6. The summed E-state index contributed by atoms with van der Waals surface area (Å²) in [6.45, 7) is 33.9. The van der Waals surface area contributed by atoms with Gasteiger partial charge in [0.15, 0.2) is 0 Å². The van der Waals surface area contributed by atoms with Gasteiger partial charge in [-0.05, 0) is 83.1 Å². The Morgan fingerprint density at radius 3 is 0.950 bits per heavy atom. The first-order valence-electron chi connectivity index (χ1n) is 21.1. The van der Waals surface area contributed by atoms with E-state index in [-0.39, 0.29) is 0 Å². The molecule has 6 nitrogen and oxygen atoms in total. The summed E-state index contributed by atoms with van der Waals surface area (Å²) in [6.07, 6.45) is 0.996. The molecular formula is C51H64O6P2S. The highest BCUT2D eigenvalue weighted by molar-refractivity contribution is 7.73. The van der Waals surface area contributed by atoms with Gasteiger partial charge in [0.1, 0.15) is 23.0 Å². The van der Waals surface area contributed by atoms with Crippen molar-refractivity contribution in [1.29, 1.82) is 0 Å². The second-order valence-electron chi connectivity index (χ2n) is 21.4. The second-order valence-corrected chi connectivity index (χ2v) is 26.7. The highest BCUT2D eigenvalue weighted by Crippen LogP contribution is 2.79. The Hall–Kier alpha value is -3.76. The molecule has 320 valence electrons. The van der Waals surface area contributed by atoms with E-state index in [4.69, 9.17) is 18.1 Å². The van der Waals surface area contributed by atoms with Crippen LogP contribution in [0, 0.1) is 27.7 Å². The highest BCUT2D eigenvalue weighted by Gasteiger charge is 2.60. The lowest BCUT2D eigenvalue weighted by Gasteiger charge is -2.39. The van der Waals surface area contributed by atoms with Crippen molar-refractivity contribution < 1.29 is 27.2 Å². The van der Waals surface area contributed by atoms with E-state index in [1.807, 2.05) is 17.5 Å². The first-order valence-corrected chi connectivity index (χ1v) is 25.2. The van der Waals surface area contributed by atoms with E-state index in [1.165, 1.54) is 11.3 Å². The Morgan fingerprint density at radius 1 is 0.467 bits per heavy atom. The molecule has 4 aromatic carbocycles. The number of thiophene rings is 1. The summed E-state index contributed by atoms with van der Waals surface area (Å²) in [5, 5.41) is 0.411. The number of aryl methyl sites for hydroxylation is 4. The fourth-order valence-electron chi connectivity index (χ4n) is 8.66. The van der Waals surface area contributed by atoms with Crippen molar-refractivity contribution in [3.8, 4) is 23.0 Å². The van der Waals surface area contributed by atoms with Crippen molar-refractivity contribution in [2.24, 2.45) is 0 Å². The summed E-state index contributed by atoms with van der Waals surface area (Å²) in [5.74, 6) is 1.94. The third-order valence-electron chi connectivity index (χ3n) is 11.5. The van der Waals surface area contributed by atoms with Crippen LogP contribution in [0.4, 0.5) is 0 Å². The molecule has 0 radical (unpaired) electrons. The normalized spacial score (nSPS) is 16.3. The van der Waals surface area contributed by atoms with Gasteiger partial charge in [-0.3, -0.25) is 0 Å². The van der Waals surface area contributed by atoms with Gasteiger partial charge in [0.05, 0.1) is 0 Å². The molecule has 0 unspecified atom stereocenters. The molecule has 3 heterocycles. The zero-order valence-electron chi connectivity index (χ0n) is 38.6. The fraction of sp³-hybridized carbons (Fsp3) is 0.451. The van der Waals surface area contributed by atoms with Crippen molar-refractivity contribution in [2.75, 3.05) is 0 Å². The van der Waals surface area contributed by atoms with Crippen LogP contribution in [0.25, 0.3) is 0 Å². The van der Waals surface area contributed by atoms with Crippen LogP contribution in [0.15, 0.2) is 66.0 Å². The molecule has 0 fully saturated rings. The third-order valence-corrected chi connectivity index (χ3v) is 18.0. The van der Waals surface area contributed by atoms with Crippen molar-refractivity contribution in [3.05, 3.63) is 138 Å². The SMILES string of the molecule is Cc1cc2c(c(C(C)(C)C)c1)OP(=O)(C(c1cccs1)P1(=O)Oc3c(cc(C)cc3C(C)(C)C)Cc3cc(C)cc(C(C)(C)C)c3O1)Oc1c(cc(C)cc1C(C)(C)C)C2. The molecule has 0 amide bonds. The van der Waals surface area contributed by atoms with E-state index in [9.17, 15) is 0 Å². The summed E-state index contributed by atoms with van der Waals surface area (Å²) in [5.41, 5.74) is 9.81. The lowest BCUT2D eigenvalue weighted by Crippen LogP contribution is -2.25. The molecule has 0 saturated heterocycles. The van der Waals surface area contributed by atoms with E-state index < -0.39 is 42.3 Å². The lowest BCUT2D eigenvalue weighted by atomic mass is 9.81. The summed E-state index contributed by atoms with van der Waals surface area (Å²) >= 11 is 1.35. The van der Waals surface area contributed by atoms with Gasteiger partial charge < -0.3 is 18.1 Å². The van der Waals surface area contributed by atoms with Crippen LogP contribution in [0.1, 0.15) is 160 Å². The molecule has 60 heavy (non-hydrogen) atoms. The van der Waals surface area contributed by atoms with Gasteiger partial charge >= 0.3 is 15.2 Å². The first kappa shape index (κ1) is 44.3. The monoisotopic (exact) mass is 866 g/mol. The predicted octanol–water partition coefficient (Wildman–Crippen LogP) is 15.7. The molecule has 7 rings (SSSR count). The number of benzene rings is 4. The topological polar surface area (TPSA) is 71.1 Å². The van der Waals surface area contributed by atoms with E-state index in [0.717, 1.165) is 66.8 Å². The molecule has 9 heteroatoms. The molecule has 0 bridgehead atoms. The molecule has 1 aromatic heterocycles. The molecule has 2 aliphatic heterocycles. The van der Waals surface area contributed by atoms with Crippen molar-refractivity contribution >= 4 is 26.5 Å². The summed E-state index contributed by atoms with van der Waals surface area (Å²) in [6, 6.07) is 20.7. The van der Waals surface area contributed by atoms with Crippen molar-refractivity contribution in [2.45, 2.75) is 151 Å². The van der Waals surface area contributed by atoms with Crippen LogP contribution in [0.2, 0.25) is 0 Å². The molecule has 0 saturated carbocycles. The van der Waals surface area contributed by atoms with Crippen LogP contribution in [0.3, 0.4) is 0 Å². The van der Waals surface area contributed by atoms with Crippen molar-refractivity contribution in [3.63, 3.8) is 0 Å². The minimum atomic E-state index is -4.70. The van der Waals surface area contributed by atoms with E-state index >= 15 is 9.13 Å². The fourth-order valence-corrected chi connectivity index (χ4v) is 15.5. The van der Waals surface area contributed by atoms with Gasteiger partial charge in [-0.15, -0.1) is 11.3 Å². The standard InChI is InChI=1S/C51H64O6P2S/c1-30-20-34-28-35-21-31(2)25-39(49(8,9)10)44(35)55-58(52,54-43(34)38(24-30)48(5,6)7)47(42-18-17-19-60-42)59(53)56-45-36(22-32(3)26-40(45)50(11,12)13)29-37-23-33(4)27-41(46(37)57-59)51(14,15)16/h17-27,47H,28-29H2,1-16H3. The number of fused-ring (bicyclic) bond motifs is 4. The average Bonchev–Trinajstić information content (AvgIpc) is 3.60. The Labute approximate surface area is 363 Å². The molecule has 2 aliphatic rings. The maximum absolute atomic E-state index is 17.1. The highest BCUT2D eigenvalue weighted by atomic mass is 32.1. The minimum Gasteiger partial charge on any atom is -0.415 e. The summed E-state index contributed by atoms with van der Waals surface area (Å²) in [4.78, 5) is 0.525. The van der Waals surface area contributed by atoms with Crippen LogP contribution in [0.5, 0.6) is 23.0 Å². The third kappa shape index (κ3) is 8.41. The molecule has 5 aromatic rings. The molecule has 0 N–H and O–H groups in total. The quantitative estimate of drug-likeness (QED) is 0.168.